The molecule has 0 fully saturated rings. The number of para-hydroxylation sites is 1. The molecule has 5 heteroatoms. The Balaban J connectivity index is 1.72. The van der Waals surface area contributed by atoms with Crippen LogP contribution in [0.5, 0.6) is 5.75 Å². The van der Waals surface area contributed by atoms with Crippen molar-refractivity contribution < 1.29 is 9.13 Å². The Morgan fingerprint density at radius 1 is 1.07 bits per heavy atom. The summed E-state index contributed by atoms with van der Waals surface area (Å²) in [4.78, 5) is 7.75. The van der Waals surface area contributed by atoms with E-state index in [-0.39, 0.29) is 0 Å². The summed E-state index contributed by atoms with van der Waals surface area (Å²) in [5.41, 5.74) is 4.56. The number of rotatable bonds is 7. The Labute approximate surface area is 157 Å². The highest BCUT2D eigenvalue weighted by molar-refractivity contribution is 5.90. The highest BCUT2D eigenvalue weighted by Gasteiger charge is 2.15. The van der Waals surface area contributed by atoms with Gasteiger partial charge in [0.1, 0.15) is 19.0 Å². The predicted octanol–water partition coefficient (Wildman–Crippen LogP) is 4.53. The molecule has 27 heavy (non-hydrogen) atoms. The van der Waals surface area contributed by atoms with E-state index in [1.807, 2.05) is 49.6 Å². The summed E-state index contributed by atoms with van der Waals surface area (Å²) < 4.78 is 19.9. The average molecular weight is 363 g/mol. The number of aromatic nitrogens is 2. The molecule has 2 aromatic carbocycles. The lowest BCUT2D eigenvalue weighted by molar-refractivity contribution is 0.303. The third-order valence-electron chi connectivity index (χ3n) is 4.84. The Kier molecular flexibility index (Phi) is 5.03. The lowest BCUT2D eigenvalue weighted by atomic mass is 10.1. The number of pyridine rings is 1. The summed E-state index contributed by atoms with van der Waals surface area (Å²) in [5.74, 6) is 0.621. The van der Waals surface area contributed by atoms with Crippen molar-refractivity contribution in [1.29, 1.82) is 0 Å². The van der Waals surface area contributed by atoms with Gasteiger partial charge in [0, 0.05) is 39.8 Å². The van der Waals surface area contributed by atoms with Crippen LogP contribution in [0.4, 0.5) is 4.39 Å². The molecule has 4 aromatic rings. The maximum absolute atomic E-state index is 13.7. The fourth-order valence-corrected chi connectivity index (χ4v) is 3.46. The average Bonchev–Trinajstić information content (AvgIpc) is 3.13. The fourth-order valence-electron chi connectivity index (χ4n) is 3.46. The number of nitrogens with one attached hydrogen (secondary N) is 2. The molecule has 0 unspecified atom stereocenters. The van der Waals surface area contributed by atoms with Crippen molar-refractivity contribution in [2.75, 3.05) is 13.6 Å². The van der Waals surface area contributed by atoms with Gasteiger partial charge in [-0.1, -0.05) is 30.3 Å². The van der Waals surface area contributed by atoms with Gasteiger partial charge in [-0.15, -0.1) is 0 Å². The van der Waals surface area contributed by atoms with Gasteiger partial charge in [0.2, 0.25) is 0 Å². The minimum Gasteiger partial charge on any atom is -0.488 e. The lowest BCUT2D eigenvalue weighted by Crippen LogP contribution is -2.10. The van der Waals surface area contributed by atoms with Crippen LogP contribution in [0.15, 0.2) is 54.9 Å². The van der Waals surface area contributed by atoms with Crippen LogP contribution in [-0.4, -0.2) is 23.6 Å². The van der Waals surface area contributed by atoms with Crippen LogP contribution in [0.25, 0.3) is 21.8 Å². The van der Waals surface area contributed by atoms with Gasteiger partial charge in [0.25, 0.3) is 0 Å². The number of nitrogens with zero attached hydrogens (tertiary/aromatic N) is 1. The molecule has 2 N–H and O–H groups in total. The maximum atomic E-state index is 13.7. The molecule has 2 aromatic heterocycles. The normalized spacial score (nSPS) is 11.3. The third-order valence-corrected chi connectivity index (χ3v) is 4.84. The third kappa shape index (κ3) is 3.38. The Bertz CT molecular complexity index is 1070. The van der Waals surface area contributed by atoms with Gasteiger partial charge in [-0.05, 0) is 37.7 Å². The number of alkyl halides is 1. The Hall–Kier alpha value is -2.92. The molecule has 2 heterocycles. The van der Waals surface area contributed by atoms with Crippen LogP contribution < -0.4 is 10.1 Å². The van der Waals surface area contributed by atoms with Crippen molar-refractivity contribution >= 4 is 21.8 Å². The van der Waals surface area contributed by atoms with Gasteiger partial charge >= 0.3 is 0 Å². The van der Waals surface area contributed by atoms with Gasteiger partial charge < -0.3 is 15.0 Å². The van der Waals surface area contributed by atoms with Crippen LogP contribution in [-0.2, 0) is 19.7 Å². The number of fused-ring (bicyclic) bond motifs is 2. The van der Waals surface area contributed by atoms with Gasteiger partial charge in [-0.3, -0.25) is 4.98 Å². The molecule has 0 atom stereocenters. The van der Waals surface area contributed by atoms with Crippen LogP contribution in [0.3, 0.4) is 0 Å². The molecular formula is C22H22FN3O. The number of ether oxygens (including phenoxy) is 1. The lowest BCUT2D eigenvalue weighted by Gasteiger charge is -2.14. The molecule has 0 aliphatic heterocycles. The van der Waals surface area contributed by atoms with Gasteiger partial charge in [0.05, 0.1) is 5.52 Å². The molecular weight excluding hydrogens is 341 g/mol. The monoisotopic (exact) mass is 363 g/mol. The zero-order valence-corrected chi connectivity index (χ0v) is 15.3. The second-order valence-electron chi connectivity index (χ2n) is 6.56. The molecule has 0 bridgehead atoms. The highest BCUT2D eigenvalue weighted by Crippen LogP contribution is 2.34. The smallest absolute Gasteiger partial charge is 0.135 e. The zero-order valence-electron chi connectivity index (χ0n) is 15.3. The number of likely N-dealkylation sites (N-methyl/N-ethyl adjacent to an activating group) is 1. The molecule has 0 spiro atoms. The summed E-state index contributed by atoms with van der Waals surface area (Å²) in [6.07, 6.45) is 4.61. The minimum atomic E-state index is -0.560. The topological polar surface area (TPSA) is 49.9 Å². The quantitative estimate of drug-likeness (QED) is 0.507. The van der Waals surface area contributed by atoms with E-state index in [0.717, 1.165) is 45.9 Å². The molecule has 0 aliphatic carbocycles. The summed E-state index contributed by atoms with van der Waals surface area (Å²) in [7, 11) is 1.92. The molecule has 0 radical (unpaired) electrons. The van der Waals surface area contributed by atoms with E-state index >= 15 is 0 Å². The zero-order chi connectivity index (χ0) is 18.6. The first-order valence-corrected chi connectivity index (χ1v) is 9.09. The SMILES string of the molecule is CNCCc1c[nH]c2ccc(CF)c(OCc3cccc4cccnc34)c12. The molecule has 4 rings (SSSR count). The van der Waals surface area contributed by atoms with Crippen LogP contribution >= 0.6 is 0 Å². The predicted molar refractivity (Wildman–Crippen MR) is 107 cm³/mol. The Morgan fingerprint density at radius 2 is 1.96 bits per heavy atom. The second-order valence-corrected chi connectivity index (χ2v) is 6.56. The molecule has 0 saturated carbocycles. The van der Waals surface area contributed by atoms with E-state index in [4.69, 9.17) is 4.74 Å². The van der Waals surface area contributed by atoms with Crippen molar-refractivity contribution in [2.45, 2.75) is 19.7 Å². The highest BCUT2D eigenvalue weighted by atomic mass is 19.1. The van der Waals surface area contributed by atoms with Gasteiger partial charge in [-0.2, -0.15) is 0 Å². The van der Waals surface area contributed by atoms with Crippen LogP contribution in [0, 0.1) is 0 Å². The van der Waals surface area contributed by atoms with Crippen LogP contribution in [0.1, 0.15) is 16.7 Å². The van der Waals surface area contributed by atoms with Crippen molar-refractivity contribution in [1.82, 2.24) is 15.3 Å². The molecule has 0 amide bonds. The summed E-state index contributed by atoms with van der Waals surface area (Å²) >= 11 is 0. The Morgan fingerprint density at radius 3 is 2.81 bits per heavy atom. The van der Waals surface area contributed by atoms with E-state index in [9.17, 15) is 4.39 Å². The second kappa shape index (κ2) is 7.76. The molecule has 138 valence electrons. The van der Waals surface area contributed by atoms with Crippen molar-refractivity contribution in [3.63, 3.8) is 0 Å². The summed E-state index contributed by atoms with van der Waals surface area (Å²) in [6.45, 7) is 0.631. The van der Waals surface area contributed by atoms with Crippen molar-refractivity contribution in [3.05, 3.63) is 71.5 Å². The molecule has 4 nitrogen and oxygen atoms in total. The fraction of sp³-hybridized carbons (Fsp3) is 0.227. The minimum absolute atomic E-state index is 0.344. The number of benzene rings is 2. The largest absolute Gasteiger partial charge is 0.488 e. The van der Waals surface area contributed by atoms with E-state index in [0.29, 0.717) is 17.9 Å². The summed E-state index contributed by atoms with van der Waals surface area (Å²) in [5, 5.41) is 5.19. The van der Waals surface area contributed by atoms with Gasteiger partial charge in [0.15, 0.2) is 0 Å². The molecule has 0 aliphatic rings. The molecule has 0 saturated heterocycles. The summed E-state index contributed by atoms with van der Waals surface area (Å²) in [6, 6.07) is 13.7. The van der Waals surface area contributed by atoms with E-state index in [1.165, 1.54) is 0 Å². The van der Waals surface area contributed by atoms with E-state index < -0.39 is 6.67 Å². The van der Waals surface area contributed by atoms with Crippen LogP contribution in [0.2, 0.25) is 0 Å². The first kappa shape index (κ1) is 17.5. The maximum Gasteiger partial charge on any atom is 0.135 e. The number of hydrogen-bond acceptors (Lipinski definition) is 3. The van der Waals surface area contributed by atoms with Crippen molar-refractivity contribution in [2.24, 2.45) is 0 Å². The first-order valence-electron chi connectivity index (χ1n) is 9.09. The van der Waals surface area contributed by atoms with E-state index in [2.05, 4.69) is 15.3 Å². The number of hydrogen-bond donors (Lipinski definition) is 2. The first-order chi connectivity index (χ1) is 13.3. The van der Waals surface area contributed by atoms with E-state index in [1.54, 1.807) is 12.3 Å². The number of H-pyrrole nitrogens is 1. The standard InChI is InChI=1S/C22H22FN3O/c1-24-11-9-17-13-26-19-8-7-16(12-23)22(20(17)19)27-14-18-5-2-4-15-6-3-10-25-21(15)18/h2-8,10,13,24,26H,9,11-12,14H2,1H3. The number of halogens is 1. The number of aromatic amines is 1. The van der Waals surface area contributed by atoms with Crippen molar-refractivity contribution in [3.8, 4) is 5.75 Å². The van der Waals surface area contributed by atoms with Gasteiger partial charge in [-0.25, -0.2) is 4.39 Å².